The molecule has 2 N–H and O–H groups in total. The predicted octanol–water partition coefficient (Wildman–Crippen LogP) is 3.58. The van der Waals surface area contributed by atoms with Crippen molar-refractivity contribution < 1.29 is 17.9 Å². The number of ether oxygens (including phenoxy) is 1. The van der Waals surface area contributed by atoms with Gasteiger partial charge < -0.3 is 10.5 Å². The highest BCUT2D eigenvalue weighted by Gasteiger charge is 2.33. The van der Waals surface area contributed by atoms with Crippen LogP contribution >= 0.6 is 27.5 Å². The van der Waals surface area contributed by atoms with Crippen molar-refractivity contribution in [3.05, 3.63) is 21.6 Å². The lowest BCUT2D eigenvalue weighted by molar-refractivity contribution is -0.274. The van der Waals surface area contributed by atoms with Gasteiger partial charge in [0.2, 0.25) is 0 Å². The third kappa shape index (κ3) is 2.95. The molecule has 1 rings (SSSR count). The molecule has 0 spiro atoms. The number of halogens is 5. The van der Waals surface area contributed by atoms with Crippen LogP contribution in [0.1, 0.15) is 0 Å². The van der Waals surface area contributed by atoms with Crippen molar-refractivity contribution in [3.63, 3.8) is 0 Å². The third-order valence-corrected chi connectivity index (χ3v) is 2.06. The highest BCUT2D eigenvalue weighted by atomic mass is 79.9. The van der Waals surface area contributed by atoms with Crippen molar-refractivity contribution in [1.82, 2.24) is 0 Å². The number of rotatable bonds is 1. The maximum atomic E-state index is 11.9. The first-order valence-corrected chi connectivity index (χ1v) is 4.47. The fraction of sp³-hybridized carbons (Fsp3) is 0.143. The van der Waals surface area contributed by atoms with Crippen molar-refractivity contribution in [2.24, 2.45) is 0 Å². The summed E-state index contributed by atoms with van der Waals surface area (Å²) in [5.41, 5.74) is 5.11. The van der Waals surface area contributed by atoms with E-state index in [1.54, 1.807) is 0 Å². The molecule has 0 heterocycles. The van der Waals surface area contributed by atoms with E-state index in [1.807, 2.05) is 0 Å². The van der Waals surface area contributed by atoms with E-state index in [0.29, 0.717) is 0 Å². The van der Waals surface area contributed by atoms with E-state index in [-0.39, 0.29) is 15.2 Å². The van der Waals surface area contributed by atoms with E-state index in [2.05, 4.69) is 20.7 Å². The molecule has 78 valence electrons. The summed E-state index contributed by atoms with van der Waals surface area (Å²) < 4.78 is 39.4. The molecule has 7 heteroatoms. The molecule has 0 aromatic heterocycles. The SMILES string of the molecule is Nc1cc(Cl)cc(Br)c1OC(F)(F)F. The zero-order chi connectivity index (χ0) is 10.9. The third-order valence-electron chi connectivity index (χ3n) is 1.25. The number of benzene rings is 1. The lowest BCUT2D eigenvalue weighted by atomic mass is 10.3. The number of hydrogen-bond donors (Lipinski definition) is 1. The van der Waals surface area contributed by atoms with Gasteiger partial charge in [0, 0.05) is 5.02 Å². The zero-order valence-corrected chi connectivity index (χ0v) is 8.87. The minimum absolute atomic E-state index is 0.0554. The van der Waals surface area contributed by atoms with E-state index >= 15 is 0 Å². The Morgan fingerprint density at radius 2 is 1.93 bits per heavy atom. The van der Waals surface area contributed by atoms with Gasteiger partial charge in [-0.05, 0) is 28.1 Å². The van der Waals surface area contributed by atoms with Crippen LogP contribution in [0.5, 0.6) is 5.75 Å². The van der Waals surface area contributed by atoms with Gasteiger partial charge in [-0.15, -0.1) is 13.2 Å². The summed E-state index contributed by atoms with van der Waals surface area (Å²) in [6, 6.07) is 2.44. The smallest absolute Gasteiger partial charge is 0.402 e. The molecule has 2 nitrogen and oxygen atoms in total. The molecule has 0 fully saturated rings. The van der Waals surface area contributed by atoms with E-state index in [4.69, 9.17) is 17.3 Å². The van der Waals surface area contributed by atoms with Crippen molar-refractivity contribution in [2.45, 2.75) is 6.36 Å². The largest absolute Gasteiger partial charge is 0.573 e. The molecule has 1 aromatic carbocycles. The fourth-order valence-corrected chi connectivity index (χ4v) is 1.72. The molecule has 0 bridgehead atoms. The van der Waals surface area contributed by atoms with Crippen molar-refractivity contribution in [2.75, 3.05) is 5.73 Å². The molecule has 0 radical (unpaired) electrons. The van der Waals surface area contributed by atoms with Crippen LogP contribution in [0, 0.1) is 0 Å². The minimum atomic E-state index is -4.77. The molecule has 0 saturated carbocycles. The maximum Gasteiger partial charge on any atom is 0.573 e. The molecule has 0 amide bonds. The van der Waals surface area contributed by atoms with Crippen LogP contribution in [0.3, 0.4) is 0 Å². The summed E-state index contributed by atoms with van der Waals surface area (Å²) in [6.45, 7) is 0. The number of nitrogen functional groups attached to an aromatic ring is 1. The Balaban J connectivity index is 3.09. The second-order valence-electron chi connectivity index (χ2n) is 2.35. The average Bonchev–Trinajstić information content (AvgIpc) is 1.95. The summed E-state index contributed by atoms with van der Waals surface area (Å²) >= 11 is 8.41. The topological polar surface area (TPSA) is 35.2 Å². The molecule has 1 aromatic rings. The van der Waals surface area contributed by atoms with Crippen LogP contribution in [0.25, 0.3) is 0 Å². The summed E-state index contributed by atoms with van der Waals surface area (Å²) in [7, 11) is 0. The van der Waals surface area contributed by atoms with Crippen molar-refractivity contribution in [1.29, 1.82) is 0 Å². The molecule has 0 unspecified atom stereocenters. The van der Waals surface area contributed by atoms with Crippen LogP contribution in [-0.4, -0.2) is 6.36 Å². The number of anilines is 1. The van der Waals surface area contributed by atoms with Gasteiger partial charge in [-0.3, -0.25) is 0 Å². The molecular formula is C7H4BrClF3NO. The molecular weight excluding hydrogens is 286 g/mol. The highest BCUT2D eigenvalue weighted by molar-refractivity contribution is 9.10. The Morgan fingerprint density at radius 1 is 1.36 bits per heavy atom. The quantitative estimate of drug-likeness (QED) is 0.802. The van der Waals surface area contributed by atoms with Gasteiger partial charge in [-0.1, -0.05) is 11.6 Å². The summed E-state index contributed by atoms with van der Waals surface area (Å²) in [5.74, 6) is -0.484. The van der Waals surface area contributed by atoms with Crippen molar-refractivity contribution in [3.8, 4) is 5.75 Å². The number of alkyl halides is 3. The lowest BCUT2D eigenvalue weighted by Crippen LogP contribution is -2.18. The van der Waals surface area contributed by atoms with E-state index in [0.717, 1.165) is 0 Å². The van der Waals surface area contributed by atoms with Gasteiger partial charge in [0.15, 0.2) is 5.75 Å². The Hall–Kier alpha value is -0.620. The maximum absolute atomic E-state index is 11.9. The lowest BCUT2D eigenvalue weighted by Gasteiger charge is -2.12. The van der Waals surface area contributed by atoms with Crippen LogP contribution in [0.15, 0.2) is 16.6 Å². The van der Waals surface area contributed by atoms with Gasteiger partial charge >= 0.3 is 6.36 Å². The van der Waals surface area contributed by atoms with E-state index < -0.39 is 12.1 Å². The molecule has 0 aliphatic heterocycles. The first-order valence-electron chi connectivity index (χ1n) is 3.30. The Kier molecular flexibility index (Phi) is 3.16. The molecule has 0 saturated heterocycles. The Bertz CT molecular complexity index is 332. The minimum Gasteiger partial charge on any atom is -0.402 e. The van der Waals surface area contributed by atoms with E-state index in [1.165, 1.54) is 12.1 Å². The molecule has 0 atom stereocenters. The Labute approximate surface area is 90.9 Å². The summed E-state index contributed by atoms with van der Waals surface area (Å²) in [6.07, 6.45) is -4.77. The highest BCUT2D eigenvalue weighted by Crippen LogP contribution is 2.37. The van der Waals surface area contributed by atoms with Gasteiger partial charge in [0.25, 0.3) is 0 Å². The van der Waals surface area contributed by atoms with Gasteiger partial charge in [0.05, 0.1) is 10.2 Å². The second-order valence-corrected chi connectivity index (χ2v) is 3.64. The Morgan fingerprint density at radius 3 is 2.36 bits per heavy atom. The van der Waals surface area contributed by atoms with Crippen LogP contribution in [0.4, 0.5) is 18.9 Å². The standard InChI is InChI=1S/C7H4BrClF3NO/c8-4-1-3(9)2-5(13)6(4)14-7(10,11)12/h1-2H,13H2. The van der Waals surface area contributed by atoms with Crippen LogP contribution in [-0.2, 0) is 0 Å². The van der Waals surface area contributed by atoms with Crippen LogP contribution < -0.4 is 10.5 Å². The molecule has 0 aliphatic rings. The predicted molar refractivity (Wildman–Crippen MR) is 50.2 cm³/mol. The van der Waals surface area contributed by atoms with Gasteiger partial charge in [-0.2, -0.15) is 0 Å². The summed E-state index contributed by atoms with van der Waals surface area (Å²) in [4.78, 5) is 0. The van der Waals surface area contributed by atoms with Gasteiger partial charge in [0.1, 0.15) is 0 Å². The van der Waals surface area contributed by atoms with Crippen LogP contribution in [0.2, 0.25) is 5.02 Å². The van der Waals surface area contributed by atoms with E-state index in [9.17, 15) is 13.2 Å². The average molecular weight is 290 g/mol. The normalized spacial score (nSPS) is 11.5. The second kappa shape index (κ2) is 3.86. The molecule has 0 aliphatic carbocycles. The zero-order valence-electron chi connectivity index (χ0n) is 6.53. The van der Waals surface area contributed by atoms with Crippen molar-refractivity contribution >= 4 is 33.2 Å². The van der Waals surface area contributed by atoms with Gasteiger partial charge in [-0.25, -0.2) is 0 Å². The summed E-state index contributed by atoms with van der Waals surface area (Å²) in [5, 5.41) is 0.226. The molecule has 14 heavy (non-hydrogen) atoms. The number of hydrogen-bond acceptors (Lipinski definition) is 2. The number of nitrogens with two attached hydrogens (primary N) is 1. The monoisotopic (exact) mass is 289 g/mol. The first kappa shape index (κ1) is 11.5. The first-order chi connectivity index (χ1) is 6.29. The fourth-order valence-electron chi connectivity index (χ4n) is 0.804.